The molecule has 1 N–H and O–H groups in total. The van der Waals surface area contributed by atoms with Gasteiger partial charge in [0.15, 0.2) is 0 Å². The molecule has 0 spiro atoms. The van der Waals surface area contributed by atoms with Crippen molar-refractivity contribution in [2.45, 2.75) is 20.0 Å². The van der Waals surface area contributed by atoms with Gasteiger partial charge in [-0.2, -0.15) is 5.26 Å². The number of carbonyl (C=O) groups is 1. The third-order valence-electron chi connectivity index (χ3n) is 5.86. The number of anilines is 1. The van der Waals surface area contributed by atoms with Crippen LogP contribution in [0.15, 0.2) is 95.5 Å². The number of allylic oxidation sites excluding steroid dienone is 1. The number of nitrogens with one attached hydrogen (secondary N) is 1. The maximum atomic E-state index is 12.8. The molecule has 0 atom stereocenters. The molecular formula is C31H24BrClN2O2. The summed E-state index contributed by atoms with van der Waals surface area (Å²) in [7, 11) is 0. The summed E-state index contributed by atoms with van der Waals surface area (Å²) >= 11 is 9.78. The smallest absolute Gasteiger partial charge is 0.266 e. The van der Waals surface area contributed by atoms with Crippen LogP contribution in [0.1, 0.15) is 22.3 Å². The van der Waals surface area contributed by atoms with Crippen molar-refractivity contribution < 1.29 is 9.53 Å². The summed E-state index contributed by atoms with van der Waals surface area (Å²) in [4.78, 5) is 12.8. The molecule has 1 amide bonds. The molecular weight excluding hydrogens is 548 g/mol. The molecule has 0 saturated heterocycles. The quantitative estimate of drug-likeness (QED) is 0.131. The van der Waals surface area contributed by atoms with E-state index < -0.39 is 5.91 Å². The zero-order valence-corrected chi connectivity index (χ0v) is 22.6. The Kier molecular flexibility index (Phi) is 8.45. The molecule has 0 unspecified atom stereocenters. The van der Waals surface area contributed by atoms with Gasteiger partial charge in [0, 0.05) is 10.7 Å². The Labute approximate surface area is 230 Å². The number of hydrogen-bond acceptors (Lipinski definition) is 3. The van der Waals surface area contributed by atoms with Gasteiger partial charge in [-0.3, -0.25) is 4.79 Å². The predicted octanol–water partition coefficient (Wildman–Crippen LogP) is 8.42. The molecule has 0 radical (unpaired) electrons. The summed E-state index contributed by atoms with van der Waals surface area (Å²) in [6, 6.07) is 25.3. The lowest BCUT2D eigenvalue weighted by molar-refractivity contribution is -0.112. The molecule has 0 saturated carbocycles. The minimum Gasteiger partial charge on any atom is -0.487 e. The summed E-state index contributed by atoms with van der Waals surface area (Å²) in [6.07, 6.45) is 3.90. The van der Waals surface area contributed by atoms with Crippen LogP contribution in [0.3, 0.4) is 0 Å². The first-order valence-electron chi connectivity index (χ1n) is 11.6. The van der Waals surface area contributed by atoms with Crippen LogP contribution < -0.4 is 10.1 Å². The van der Waals surface area contributed by atoms with Gasteiger partial charge in [-0.1, -0.05) is 66.2 Å². The lowest BCUT2D eigenvalue weighted by Crippen LogP contribution is -2.13. The van der Waals surface area contributed by atoms with E-state index in [4.69, 9.17) is 16.3 Å². The molecule has 4 aromatic carbocycles. The van der Waals surface area contributed by atoms with E-state index in [1.54, 1.807) is 24.3 Å². The first kappa shape index (κ1) is 26.2. The van der Waals surface area contributed by atoms with Crippen molar-refractivity contribution in [3.8, 4) is 11.8 Å². The van der Waals surface area contributed by atoms with Crippen LogP contribution in [0.4, 0.5) is 5.69 Å². The molecule has 0 aliphatic heterocycles. The molecule has 0 bridgehead atoms. The van der Waals surface area contributed by atoms with E-state index in [0.717, 1.165) is 31.9 Å². The summed E-state index contributed by atoms with van der Waals surface area (Å²) in [5.41, 5.74) is 4.05. The molecule has 4 rings (SSSR count). The number of carbonyl (C=O) groups excluding carboxylic acids is 1. The zero-order chi connectivity index (χ0) is 26.4. The fourth-order valence-corrected chi connectivity index (χ4v) is 4.79. The fourth-order valence-electron chi connectivity index (χ4n) is 3.98. The second kappa shape index (κ2) is 11.9. The van der Waals surface area contributed by atoms with Gasteiger partial charge in [-0.05, 0) is 92.6 Å². The van der Waals surface area contributed by atoms with Gasteiger partial charge in [0.25, 0.3) is 5.91 Å². The zero-order valence-electron chi connectivity index (χ0n) is 20.2. The summed E-state index contributed by atoms with van der Waals surface area (Å²) in [5.74, 6) is 0.183. The highest BCUT2D eigenvalue weighted by molar-refractivity contribution is 9.10. The van der Waals surface area contributed by atoms with Gasteiger partial charge >= 0.3 is 0 Å². The molecule has 0 aliphatic carbocycles. The molecule has 0 aliphatic rings. The molecule has 184 valence electrons. The van der Waals surface area contributed by atoms with E-state index in [9.17, 15) is 10.1 Å². The van der Waals surface area contributed by atoms with E-state index in [1.165, 1.54) is 0 Å². The number of benzene rings is 4. The third kappa shape index (κ3) is 6.29. The lowest BCUT2D eigenvalue weighted by Gasteiger charge is -2.15. The maximum Gasteiger partial charge on any atom is 0.266 e. The number of nitrogens with zero attached hydrogens (tertiary/aromatic N) is 1. The van der Waals surface area contributed by atoms with Crippen molar-refractivity contribution >= 4 is 56.0 Å². The summed E-state index contributed by atoms with van der Waals surface area (Å²) < 4.78 is 7.00. The van der Waals surface area contributed by atoms with E-state index in [-0.39, 0.29) is 5.57 Å². The van der Waals surface area contributed by atoms with E-state index in [1.807, 2.05) is 49.4 Å². The Balaban J connectivity index is 1.59. The molecule has 0 heterocycles. The molecule has 6 heteroatoms. The Morgan fingerprint density at radius 1 is 1.11 bits per heavy atom. The van der Waals surface area contributed by atoms with Crippen LogP contribution in [0, 0.1) is 18.3 Å². The summed E-state index contributed by atoms with van der Waals surface area (Å²) in [6.45, 7) is 6.14. The average molecular weight is 572 g/mol. The van der Waals surface area contributed by atoms with Crippen molar-refractivity contribution in [3.63, 3.8) is 0 Å². The van der Waals surface area contributed by atoms with Gasteiger partial charge in [0.1, 0.15) is 24.0 Å². The SMILES string of the molecule is C=CCc1cc(/C=C(/C#N)C(=O)Nc2ccc(C)c(Cl)c2)cc(Br)c1OCc1cccc2ccccc12. The van der Waals surface area contributed by atoms with Crippen LogP contribution >= 0.6 is 27.5 Å². The second-order valence-corrected chi connectivity index (χ2v) is 9.76. The second-order valence-electron chi connectivity index (χ2n) is 8.50. The fraction of sp³-hybridized carbons (Fsp3) is 0.0968. The van der Waals surface area contributed by atoms with Crippen LogP contribution in [0.5, 0.6) is 5.75 Å². The number of amides is 1. The minimum absolute atomic E-state index is 0.0300. The topological polar surface area (TPSA) is 62.1 Å². The number of fused-ring (bicyclic) bond motifs is 1. The Morgan fingerprint density at radius 3 is 2.65 bits per heavy atom. The number of hydrogen-bond donors (Lipinski definition) is 1. The Morgan fingerprint density at radius 2 is 1.89 bits per heavy atom. The maximum absolute atomic E-state index is 12.8. The minimum atomic E-state index is -0.514. The predicted molar refractivity (Wildman–Crippen MR) is 155 cm³/mol. The van der Waals surface area contributed by atoms with Gasteiger partial charge in [-0.25, -0.2) is 0 Å². The molecule has 4 aromatic rings. The van der Waals surface area contributed by atoms with Crippen molar-refractivity contribution in [3.05, 3.63) is 123 Å². The standard InChI is InChI=1S/C31H24BrClN2O2/c1-3-7-23-14-21(15-25(18-34)31(36)35-26-13-12-20(2)29(33)17-26)16-28(32)30(23)37-19-24-10-6-9-22-8-4-5-11-27(22)24/h3-6,8-17H,1,7,19H2,2H3,(H,35,36)/b25-15-. The molecule has 0 aromatic heterocycles. The van der Waals surface area contributed by atoms with Gasteiger partial charge in [-0.15, -0.1) is 6.58 Å². The average Bonchev–Trinajstić information content (AvgIpc) is 2.89. The van der Waals surface area contributed by atoms with Crippen molar-refractivity contribution in [1.29, 1.82) is 5.26 Å². The van der Waals surface area contributed by atoms with Gasteiger partial charge in [0.05, 0.1) is 4.47 Å². The van der Waals surface area contributed by atoms with Crippen LogP contribution in [0.25, 0.3) is 16.8 Å². The first-order valence-corrected chi connectivity index (χ1v) is 12.8. The number of rotatable bonds is 8. The van der Waals surface area contributed by atoms with E-state index >= 15 is 0 Å². The number of halogens is 2. The highest BCUT2D eigenvalue weighted by atomic mass is 79.9. The molecule has 0 fully saturated rings. The molecule has 37 heavy (non-hydrogen) atoms. The lowest BCUT2D eigenvalue weighted by atomic mass is 10.0. The Bertz CT molecular complexity index is 1560. The highest BCUT2D eigenvalue weighted by Gasteiger charge is 2.14. The van der Waals surface area contributed by atoms with E-state index in [2.05, 4.69) is 52.1 Å². The highest BCUT2D eigenvalue weighted by Crippen LogP contribution is 2.34. The van der Waals surface area contributed by atoms with Gasteiger partial charge in [0.2, 0.25) is 0 Å². The normalized spacial score (nSPS) is 11.1. The van der Waals surface area contributed by atoms with Gasteiger partial charge < -0.3 is 10.1 Å². The molecule has 4 nitrogen and oxygen atoms in total. The Hall–Kier alpha value is -3.85. The van der Waals surface area contributed by atoms with E-state index in [0.29, 0.717) is 35.1 Å². The largest absolute Gasteiger partial charge is 0.487 e. The van der Waals surface area contributed by atoms with Crippen molar-refractivity contribution in [2.24, 2.45) is 0 Å². The van der Waals surface area contributed by atoms with Crippen molar-refractivity contribution in [1.82, 2.24) is 0 Å². The first-order chi connectivity index (χ1) is 17.9. The number of nitriles is 1. The van der Waals surface area contributed by atoms with Crippen LogP contribution in [-0.2, 0) is 17.8 Å². The van der Waals surface area contributed by atoms with Crippen LogP contribution in [0.2, 0.25) is 5.02 Å². The number of aryl methyl sites for hydroxylation is 1. The monoisotopic (exact) mass is 570 g/mol. The summed E-state index contributed by atoms with van der Waals surface area (Å²) in [5, 5.41) is 15.2. The van der Waals surface area contributed by atoms with Crippen molar-refractivity contribution in [2.75, 3.05) is 5.32 Å². The van der Waals surface area contributed by atoms with Crippen LogP contribution in [-0.4, -0.2) is 5.91 Å². The number of ether oxygens (including phenoxy) is 1. The third-order valence-corrected chi connectivity index (χ3v) is 6.86.